The van der Waals surface area contributed by atoms with E-state index in [-0.39, 0.29) is 11.7 Å². The predicted octanol–water partition coefficient (Wildman–Crippen LogP) is 6.75. The molecule has 0 spiro atoms. The zero-order valence-corrected chi connectivity index (χ0v) is 24.0. The molecule has 7 nitrogen and oxygen atoms in total. The molecule has 14 heteroatoms. The van der Waals surface area contributed by atoms with E-state index < -0.39 is 12.5 Å². The average molecular weight is 603 g/mol. The SMILES string of the molecule is CCCSP(=O)(OCC)Oc1ccc(Br)cc1Cl.CNC(=O)CSP(=S)(OC)OC. The zero-order valence-electron chi connectivity index (χ0n) is 17.4. The van der Waals surface area contributed by atoms with Crippen LogP contribution in [0, 0.1) is 0 Å². The Kier molecular flexibility index (Phi) is 16.7. The summed E-state index contributed by atoms with van der Waals surface area (Å²) in [6.45, 7) is 0.946. The molecular formula is C16H27BrClNO6P2S3. The van der Waals surface area contributed by atoms with E-state index >= 15 is 0 Å². The highest BCUT2D eigenvalue weighted by Gasteiger charge is 2.27. The predicted molar refractivity (Wildman–Crippen MR) is 137 cm³/mol. The first-order valence-electron chi connectivity index (χ1n) is 8.69. The average Bonchev–Trinajstić information content (AvgIpc) is 2.73. The number of amides is 1. The molecule has 1 aromatic rings. The molecule has 0 fully saturated rings. The van der Waals surface area contributed by atoms with E-state index in [4.69, 9.17) is 41.5 Å². The Balaban J connectivity index is 0.000000612. The molecule has 0 saturated carbocycles. The van der Waals surface area contributed by atoms with Crippen LogP contribution in [0.2, 0.25) is 5.02 Å². The van der Waals surface area contributed by atoms with Crippen LogP contribution in [0.4, 0.5) is 0 Å². The molecule has 174 valence electrons. The van der Waals surface area contributed by atoms with Gasteiger partial charge in [-0.05, 0) is 54.7 Å². The molecule has 0 aromatic heterocycles. The minimum absolute atomic E-state index is 0.0803. The molecule has 0 heterocycles. The van der Waals surface area contributed by atoms with Gasteiger partial charge in [0.25, 0.3) is 0 Å². The van der Waals surface area contributed by atoms with Crippen molar-refractivity contribution in [1.29, 1.82) is 0 Å². The number of carbonyl (C=O) groups is 1. The van der Waals surface area contributed by atoms with Crippen LogP contribution in [0.25, 0.3) is 0 Å². The van der Waals surface area contributed by atoms with Crippen molar-refractivity contribution < 1.29 is 27.5 Å². The molecule has 30 heavy (non-hydrogen) atoms. The van der Waals surface area contributed by atoms with E-state index in [1.54, 1.807) is 32.2 Å². The van der Waals surface area contributed by atoms with Gasteiger partial charge in [-0.3, -0.25) is 9.32 Å². The van der Waals surface area contributed by atoms with Crippen LogP contribution in [0.1, 0.15) is 20.3 Å². The maximum Gasteiger partial charge on any atom is 0.440 e. The molecular weight excluding hydrogens is 576 g/mol. The van der Waals surface area contributed by atoms with Crippen molar-refractivity contribution in [3.63, 3.8) is 0 Å². The summed E-state index contributed by atoms with van der Waals surface area (Å²) < 4.78 is 33.9. The van der Waals surface area contributed by atoms with Gasteiger partial charge in [-0.25, -0.2) is 4.57 Å². The third-order valence-corrected chi connectivity index (χ3v) is 13.3. The van der Waals surface area contributed by atoms with Gasteiger partial charge in [-0.15, -0.1) is 0 Å². The summed E-state index contributed by atoms with van der Waals surface area (Å²) in [5.74, 6) is 1.28. The minimum Gasteiger partial charge on any atom is -0.415 e. The Bertz CT molecular complexity index is 754. The molecule has 1 unspecified atom stereocenters. The Morgan fingerprint density at radius 2 is 1.90 bits per heavy atom. The Morgan fingerprint density at radius 3 is 2.37 bits per heavy atom. The van der Waals surface area contributed by atoms with Crippen LogP contribution >= 0.6 is 62.8 Å². The fourth-order valence-electron chi connectivity index (χ4n) is 1.51. The molecule has 1 rings (SSSR count). The molecule has 1 amide bonds. The number of rotatable bonds is 12. The topological polar surface area (TPSA) is 83.1 Å². The minimum atomic E-state index is -3.18. The Hall–Kier alpha value is 0.720. The lowest BCUT2D eigenvalue weighted by Gasteiger charge is -2.18. The van der Waals surface area contributed by atoms with Gasteiger partial charge in [-0.2, -0.15) is 0 Å². The lowest BCUT2D eigenvalue weighted by atomic mass is 10.3. The molecule has 0 radical (unpaired) electrons. The third-order valence-electron chi connectivity index (χ3n) is 2.92. The van der Waals surface area contributed by atoms with Gasteiger partial charge in [-0.1, -0.05) is 45.8 Å². The van der Waals surface area contributed by atoms with Crippen molar-refractivity contribution >= 4 is 80.5 Å². The summed E-state index contributed by atoms with van der Waals surface area (Å²) in [4.78, 5) is 10.8. The fourth-order valence-corrected chi connectivity index (χ4v) is 8.45. The van der Waals surface area contributed by atoms with Crippen LogP contribution in [0.5, 0.6) is 5.75 Å². The quantitative estimate of drug-likeness (QED) is 0.261. The lowest BCUT2D eigenvalue weighted by Crippen LogP contribution is -2.19. The van der Waals surface area contributed by atoms with E-state index in [0.29, 0.717) is 23.1 Å². The highest BCUT2D eigenvalue weighted by molar-refractivity contribution is 9.10. The number of hydrogen-bond acceptors (Lipinski definition) is 9. The van der Waals surface area contributed by atoms with Crippen LogP contribution < -0.4 is 9.84 Å². The van der Waals surface area contributed by atoms with Gasteiger partial charge in [0.2, 0.25) is 11.6 Å². The van der Waals surface area contributed by atoms with E-state index in [9.17, 15) is 9.36 Å². The second-order valence-electron chi connectivity index (χ2n) is 5.12. The smallest absolute Gasteiger partial charge is 0.415 e. The van der Waals surface area contributed by atoms with E-state index in [1.165, 1.54) is 37.0 Å². The lowest BCUT2D eigenvalue weighted by molar-refractivity contribution is -0.118. The van der Waals surface area contributed by atoms with Gasteiger partial charge in [0.1, 0.15) is 5.75 Å². The number of carbonyl (C=O) groups excluding carboxylic acids is 1. The maximum absolute atomic E-state index is 12.4. The molecule has 1 aromatic carbocycles. The van der Waals surface area contributed by atoms with Gasteiger partial charge >= 0.3 is 6.80 Å². The van der Waals surface area contributed by atoms with E-state index in [2.05, 4.69) is 21.2 Å². The Labute approximate surface area is 205 Å². The molecule has 1 atom stereocenters. The van der Waals surface area contributed by atoms with Crippen molar-refractivity contribution in [3.8, 4) is 5.75 Å². The van der Waals surface area contributed by atoms with Crippen LogP contribution in [0.3, 0.4) is 0 Å². The summed E-state index contributed by atoms with van der Waals surface area (Å²) in [5, 5.41) is 2.89. The number of hydrogen-bond donors (Lipinski definition) is 1. The summed E-state index contributed by atoms with van der Waals surface area (Å²) in [7, 11) is 4.55. The molecule has 0 saturated heterocycles. The van der Waals surface area contributed by atoms with Gasteiger partial charge < -0.3 is 18.9 Å². The second kappa shape index (κ2) is 16.4. The van der Waals surface area contributed by atoms with E-state index in [0.717, 1.165) is 10.9 Å². The van der Waals surface area contributed by atoms with Gasteiger partial charge in [0.15, 0.2) is 0 Å². The van der Waals surface area contributed by atoms with Crippen molar-refractivity contribution in [3.05, 3.63) is 27.7 Å². The van der Waals surface area contributed by atoms with Crippen molar-refractivity contribution in [1.82, 2.24) is 5.32 Å². The normalized spacial score (nSPS) is 13.0. The van der Waals surface area contributed by atoms with Crippen LogP contribution in [-0.2, 0) is 34.7 Å². The maximum atomic E-state index is 12.4. The third kappa shape index (κ3) is 12.7. The largest absolute Gasteiger partial charge is 0.440 e. The summed E-state index contributed by atoms with van der Waals surface area (Å²) in [5.41, 5.74) is -2.26. The van der Waals surface area contributed by atoms with E-state index in [1.807, 2.05) is 6.92 Å². The zero-order chi connectivity index (χ0) is 23.2. The van der Waals surface area contributed by atoms with Gasteiger partial charge in [0, 0.05) is 31.5 Å². The molecule has 0 aliphatic carbocycles. The summed E-state index contributed by atoms with van der Waals surface area (Å²) in [6.07, 6.45) is 0.902. The summed E-state index contributed by atoms with van der Waals surface area (Å²) in [6, 6.07) is 5.14. The molecule has 0 aliphatic rings. The summed E-state index contributed by atoms with van der Waals surface area (Å²) >= 11 is 16.8. The van der Waals surface area contributed by atoms with Crippen molar-refractivity contribution in [2.24, 2.45) is 0 Å². The molecule has 0 aliphatic heterocycles. The first-order chi connectivity index (χ1) is 14.1. The van der Waals surface area contributed by atoms with Crippen molar-refractivity contribution in [2.75, 3.05) is 39.4 Å². The molecule has 0 bridgehead atoms. The highest BCUT2D eigenvalue weighted by atomic mass is 79.9. The number of benzene rings is 1. The first-order valence-corrected chi connectivity index (χ1v) is 17.2. The first kappa shape index (κ1) is 30.7. The fraction of sp³-hybridized carbons (Fsp3) is 0.562. The standard InChI is InChI=1S/C11H15BrClO3PS.C5H12NO3PS2/c1-3-7-18-17(14,15-4-2)16-11-6-5-9(12)8-10(11)13;1-6-5(7)4-12-10(11,8-2)9-3/h5-6,8H,3-4,7H2,1-2H3;4H2,1-3H3,(H,6,7). The Morgan fingerprint density at radius 1 is 1.27 bits per heavy atom. The highest BCUT2D eigenvalue weighted by Crippen LogP contribution is 2.61. The monoisotopic (exact) mass is 601 g/mol. The van der Waals surface area contributed by atoms with Crippen molar-refractivity contribution in [2.45, 2.75) is 20.3 Å². The van der Waals surface area contributed by atoms with Crippen LogP contribution in [-0.4, -0.2) is 45.3 Å². The van der Waals surface area contributed by atoms with Gasteiger partial charge in [0.05, 0.1) is 17.4 Å². The van der Waals surface area contributed by atoms with Crippen LogP contribution in [0.15, 0.2) is 22.7 Å². The molecule has 1 N–H and O–H groups in total. The second-order valence-corrected chi connectivity index (χ2v) is 17.1. The number of halogens is 2. The number of nitrogens with one attached hydrogen (secondary N) is 1.